The molecule has 4 nitrogen and oxygen atoms in total. The molecular weight excluding hydrogens is 354 g/mol. The molecule has 0 radical (unpaired) electrons. The van der Waals surface area contributed by atoms with Gasteiger partial charge in [-0.05, 0) is 41.1 Å². The molecule has 20 heavy (non-hydrogen) atoms. The fraction of sp³-hybridized carbons (Fsp3) is 0.0833. The molecule has 0 fully saturated rings. The Balaban J connectivity index is 2.46. The van der Waals surface area contributed by atoms with Crippen molar-refractivity contribution in [3.8, 4) is 0 Å². The van der Waals surface area contributed by atoms with Crippen LogP contribution < -0.4 is 4.72 Å². The van der Waals surface area contributed by atoms with E-state index in [-0.39, 0.29) is 10.2 Å². The van der Waals surface area contributed by atoms with E-state index in [9.17, 15) is 17.2 Å². The van der Waals surface area contributed by atoms with Crippen LogP contribution in [0, 0.1) is 18.6 Å². The Labute approximate surface area is 123 Å². The van der Waals surface area contributed by atoms with E-state index in [0.717, 1.165) is 6.07 Å². The van der Waals surface area contributed by atoms with Crippen molar-refractivity contribution in [2.45, 2.75) is 11.8 Å². The lowest BCUT2D eigenvalue weighted by molar-refractivity contribution is 0.548. The number of hydrogen-bond acceptors (Lipinski definition) is 3. The molecule has 2 aromatic rings. The highest BCUT2D eigenvalue weighted by Crippen LogP contribution is 2.28. The van der Waals surface area contributed by atoms with Gasteiger partial charge < -0.3 is 0 Å². The van der Waals surface area contributed by atoms with Gasteiger partial charge in [-0.3, -0.25) is 9.71 Å². The molecule has 0 bridgehead atoms. The number of aromatic nitrogens is 1. The summed E-state index contributed by atoms with van der Waals surface area (Å²) in [5.41, 5.74) is 0.844. The fourth-order valence-corrected chi connectivity index (χ4v) is 3.82. The van der Waals surface area contributed by atoms with Gasteiger partial charge in [0.05, 0.1) is 5.69 Å². The molecule has 0 aliphatic heterocycles. The Bertz CT molecular complexity index is 743. The third-order valence-corrected chi connectivity index (χ3v) is 4.73. The van der Waals surface area contributed by atoms with Crippen LogP contribution >= 0.6 is 15.9 Å². The average molecular weight is 363 g/mol. The highest BCUT2D eigenvalue weighted by Gasteiger charge is 2.23. The first-order valence-electron chi connectivity index (χ1n) is 5.39. The van der Waals surface area contributed by atoms with Crippen molar-refractivity contribution in [2.24, 2.45) is 0 Å². The van der Waals surface area contributed by atoms with E-state index < -0.39 is 26.6 Å². The molecule has 0 aliphatic carbocycles. The number of hydrogen-bond donors (Lipinski definition) is 1. The number of rotatable bonds is 3. The first-order chi connectivity index (χ1) is 9.29. The maximum absolute atomic E-state index is 13.7. The molecular formula is C12H9BrF2N2O2S. The van der Waals surface area contributed by atoms with Gasteiger partial charge in [0.1, 0.15) is 16.5 Å². The number of sulfonamides is 1. The quantitative estimate of drug-likeness (QED) is 0.911. The first-order valence-corrected chi connectivity index (χ1v) is 7.67. The summed E-state index contributed by atoms with van der Waals surface area (Å²) in [5, 5.41) is 0. The Morgan fingerprint density at radius 2 is 1.95 bits per heavy atom. The van der Waals surface area contributed by atoms with Gasteiger partial charge in [0.15, 0.2) is 0 Å². The molecule has 0 aliphatic rings. The molecule has 0 saturated carbocycles. The van der Waals surface area contributed by atoms with E-state index in [0.29, 0.717) is 11.8 Å². The van der Waals surface area contributed by atoms with Gasteiger partial charge in [-0.1, -0.05) is 0 Å². The van der Waals surface area contributed by atoms with Crippen LogP contribution in [0.4, 0.5) is 14.5 Å². The van der Waals surface area contributed by atoms with Crippen LogP contribution in [0.3, 0.4) is 0 Å². The number of pyridine rings is 1. The largest absolute Gasteiger partial charge is 0.279 e. The molecule has 1 N–H and O–H groups in total. The minimum atomic E-state index is -4.17. The smallest absolute Gasteiger partial charge is 0.265 e. The van der Waals surface area contributed by atoms with Crippen LogP contribution in [0.25, 0.3) is 0 Å². The summed E-state index contributed by atoms with van der Waals surface area (Å²) in [6.45, 7) is 1.69. The zero-order valence-electron chi connectivity index (χ0n) is 10.2. The summed E-state index contributed by atoms with van der Waals surface area (Å²) >= 11 is 2.85. The Morgan fingerprint density at radius 3 is 2.55 bits per heavy atom. The second kappa shape index (κ2) is 5.45. The standard InChI is InChI=1S/C12H9BrF2N2O2S/c1-7-4-9(2-3-16-7)17-20(18,19)12-10(13)5-8(14)6-11(12)15/h2-6H,1H3,(H,16,17). The van der Waals surface area contributed by atoms with Gasteiger partial charge in [0.2, 0.25) is 0 Å². The van der Waals surface area contributed by atoms with Crippen molar-refractivity contribution in [3.05, 3.63) is 52.3 Å². The summed E-state index contributed by atoms with van der Waals surface area (Å²) in [7, 11) is -4.17. The number of aryl methyl sites for hydroxylation is 1. The van der Waals surface area contributed by atoms with Gasteiger partial charge in [-0.25, -0.2) is 17.2 Å². The van der Waals surface area contributed by atoms with Gasteiger partial charge >= 0.3 is 0 Å². The van der Waals surface area contributed by atoms with E-state index in [4.69, 9.17) is 0 Å². The molecule has 8 heteroatoms. The van der Waals surface area contributed by atoms with Crippen molar-refractivity contribution in [2.75, 3.05) is 4.72 Å². The number of nitrogens with zero attached hydrogens (tertiary/aromatic N) is 1. The van der Waals surface area contributed by atoms with E-state index in [1.165, 1.54) is 18.3 Å². The number of benzene rings is 1. The molecule has 1 aromatic carbocycles. The second-order valence-electron chi connectivity index (χ2n) is 3.99. The zero-order chi connectivity index (χ0) is 14.9. The van der Waals surface area contributed by atoms with Crippen molar-refractivity contribution in [3.63, 3.8) is 0 Å². The highest BCUT2D eigenvalue weighted by molar-refractivity contribution is 9.10. The SMILES string of the molecule is Cc1cc(NS(=O)(=O)c2c(F)cc(F)cc2Br)ccn1. The van der Waals surface area contributed by atoms with Crippen LogP contribution in [0.5, 0.6) is 0 Å². The summed E-state index contributed by atoms with van der Waals surface area (Å²) in [5.74, 6) is -2.04. The highest BCUT2D eigenvalue weighted by atomic mass is 79.9. The number of anilines is 1. The zero-order valence-corrected chi connectivity index (χ0v) is 12.6. The molecule has 1 aromatic heterocycles. The molecule has 106 valence electrons. The van der Waals surface area contributed by atoms with Crippen molar-refractivity contribution >= 4 is 31.6 Å². The maximum Gasteiger partial charge on any atom is 0.265 e. The van der Waals surface area contributed by atoms with E-state index >= 15 is 0 Å². The molecule has 1 heterocycles. The Kier molecular flexibility index (Phi) is 4.05. The Hall–Kier alpha value is -1.54. The van der Waals surface area contributed by atoms with E-state index in [1.807, 2.05) is 0 Å². The number of halogens is 3. The van der Waals surface area contributed by atoms with Gasteiger partial charge in [0, 0.05) is 22.4 Å². The van der Waals surface area contributed by atoms with Crippen LogP contribution in [-0.2, 0) is 10.0 Å². The predicted molar refractivity (Wildman–Crippen MR) is 73.8 cm³/mol. The van der Waals surface area contributed by atoms with E-state index in [1.54, 1.807) is 6.92 Å². The monoisotopic (exact) mass is 362 g/mol. The first kappa shape index (κ1) is 14.9. The molecule has 0 amide bonds. The molecule has 0 unspecified atom stereocenters. The summed E-state index contributed by atoms with van der Waals surface area (Å²) < 4.78 is 53.0. The summed E-state index contributed by atoms with van der Waals surface area (Å²) in [6, 6.07) is 4.32. The summed E-state index contributed by atoms with van der Waals surface area (Å²) in [4.78, 5) is 3.28. The lowest BCUT2D eigenvalue weighted by atomic mass is 10.3. The average Bonchev–Trinajstić information content (AvgIpc) is 2.25. The van der Waals surface area contributed by atoms with E-state index in [2.05, 4.69) is 25.6 Å². The van der Waals surface area contributed by atoms with Crippen molar-refractivity contribution in [1.82, 2.24) is 4.98 Å². The normalized spacial score (nSPS) is 11.4. The van der Waals surface area contributed by atoms with Crippen LogP contribution in [0.15, 0.2) is 39.8 Å². The number of nitrogens with one attached hydrogen (secondary N) is 1. The van der Waals surface area contributed by atoms with Crippen LogP contribution in [0.2, 0.25) is 0 Å². The second-order valence-corrected chi connectivity index (χ2v) is 6.46. The summed E-state index contributed by atoms with van der Waals surface area (Å²) in [6.07, 6.45) is 1.42. The molecule has 2 rings (SSSR count). The maximum atomic E-state index is 13.7. The molecule has 0 saturated heterocycles. The minimum Gasteiger partial charge on any atom is -0.279 e. The molecule has 0 spiro atoms. The third kappa shape index (κ3) is 3.13. The fourth-order valence-electron chi connectivity index (χ4n) is 1.60. The predicted octanol–water partition coefficient (Wildman–Crippen LogP) is 3.23. The van der Waals surface area contributed by atoms with Gasteiger partial charge in [0.25, 0.3) is 10.0 Å². The molecule has 0 atom stereocenters. The van der Waals surface area contributed by atoms with Gasteiger partial charge in [-0.15, -0.1) is 0 Å². The van der Waals surface area contributed by atoms with Gasteiger partial charge in [-0.2, -0.15) is 0 Å². The lowest BCUT2D eigenvalue weighted by Gasteiger charge is -2.10. The van der Waals surface area contributed by atoms with Crippen molar-refractivity contribution < 1.29 is 17.2 Å². The minimum absolute atomic E-state index is 0.187. The topological polar surface area (TPSA) is 59.1 Å². The van der Waals surface area contributed by atoms with Crippen LogP contribution in [-0.4, -0.2) is 13.4 Å². The van der Waals surface area contributed by atoms with Crippen LogP contribution in [0.1, 0.15) is 5.69 Å². The van der Waals surface area contributed by atoms with Crippen molar-refractivity contribution in [1.29, 1.82) is 0 Å². The third-order valence-electron chi connectivity index (χ3n) is 2.38. The lowest BCUT2D eigenvalue weighted by Crippen LogP contribution is -2.15. The Morgan fingerprint density at radius 1 is 1.25 bits per heavy atom.